The second-order valence-electron chi connectivity index (χ2n) is 7.47. The predicted molar refractivity (Wildman–Crippen MR) is 133 cm³/mol. The fourth-order valence-corrected chi connectivity index (χ4v) is 3.43. The maximum absolute atomic E-state index is 13.0. The van der Waals surface area contributed by atoms with Crippen LogP contribution in [0.15, 0.2) is 89.4 Å². The molecule has 0 aliphatic carbocycles. The van der Waals surface area contributed by atoms with Gasteiger partial charge in [0.2, 0.25) is 0 Å². The van der Waals surface area contributed by atoms with Gasteiger partial charge in [-0.15, -0.1) is 0 Å². The first-order chi connectivity index (χ1) is 16.4. The number of halogens is 1. The number of hydrogen-bond acceptors (Lipinski definition) is 4. The zero-order valence-corrected chi connectivity index (χ0v) is 19.9. The Morgan fingerprint density at radius 3 is 2.18 bits per heavy atom. The van der Waals surface area contributed by atoms with Gasteiger partial charge in [-0.3, -0.25) is 20.1 Å². The molecule has 0 heterocycles. The van der Waals surface area contributed by atoms with E-state index >= 15 is 0 Å². The van der Waals surface area contributed by atoms with Gasteiger partial charge in [0, 0.05) is 29.2 Å². The summed E-state index contributed by atoms with van der Waals surface area (Å²) in [5.74, 6) is -1.08. The van der Waals surface area contributed by atoms with Crippen molar-refractivity contribution in [3.63, 3.8) is 0 Å². The van der Waals surface area contributed by atoms with Crippen LogP contribution >= 0.6 is 15.9 Å². The molecule has 3 N–H and O–H groups in total. The molecule has 8 heteroatoms. The van der Waals surface area contributed by atoms with E-state index < -0.39 is 17.8 Å². The zero-order chi connectivity index (χ0) is 24.3. The first-order valence-electron chi connectivity index (χ1n) is 10.6. The van der Waals surface area contributed by atoms with Crippen molar-refractivity contribution in [3.05, 3.63) is 112 Å². The molecule has 0 aromatic heterocycles. The standard InChI is InChI=1S/C26H24BrN3O4/c27-23-13-10-20(11-14-23)16-17-30(26(33)28-25(32)22-4-2-1-3-5-22)18-21-8-6-19(7-9-21)12-15-24(31)29-34/h1-15,34H,16-18H2,(H,29,31)(H,28,32,33)/b15-12+. The highest BCUT2D eigenvalue weighted by atomic mass is 79.9. The number of amides is 4. The Hall–Kier alpha value is -3.75. The summed E-state index contributed by atoms with van der Waals surface area (Å²) in [7, 11) is 0. The van der Waals surface area contributed by atoms with Crippen LogP contribution in [-0.4, -0.2) is 34.5 Å². The first-order valence-corrected chi connectivity index (χ1v) is 11.3. The highest BCUT2D eigenvalue weighted by Crippen LogP contribution is 2.14. The number of nitrogens with zero attached hydrogens (tertiary/aromatic N) is 1. The molecule has 0 aliphatic heterocycles. The number of rotatable bonds is 8. The third-order valence-corrected chi connectivity index (χ3v) is 5.55. The largest absolute Gasteiger partial charge is 0.324 e. The van der Waals surface area contributed by atoms with E-state index in [9.17, 15) is 14.4 Å². The molecule has 3 aromatic carbocycles. The molecule has 4 amide bonds. The molecule has 7 nitrogen and oxygen atoms in total. The van der Waals surface area contributed by atoms with Gasteiger partial charge in [-0.25, -0.2) is 10.3 Å². The fourth-order valence-electron chi connectivity index (χ4n) is 3.17. The van der Waals surface area contributed by atoms with Crippen molar-refractivity contribution in [2.75, 3.05) is 6.54 Å². The minimum Gasteiger partial charge on any atom is -0.320 e. The monoisotopic (exact) mass is 521 g/mol. The Bertz CT molecular complexity index is 1150. The van der Waals surface area contributed by atoms with E-state index in [0.29, 0.717) is 25.1 Å². The maximum atomic E-state index is 13.0. The predicted octanol–water partition coefficient (Wildman–Crippen LogP) is 4.56. The van der Waals surface area contributed by atoms with Gasteiger partial charge < -0.3 is 4.90 Å². The summed E-state index contributed by atoms with van der Waals surface area (Å²) in [5, 5.41) is 11.0. The molecule has 3 aromatic rings. The molecule has 3 rings (SSSR count). The molecule has 0 saturated carbocycles. The first kappa shape index (κ1) is 24.9. The van der Waals surface area contributed by atoms with Crippen molar-refractivity contribution < 1.29 is 19.6 Å². The number of imide groups is 1. The Labute approximate surface area is 206 Å². The lowest BCUT2D eigenvalue weighted by Crippen LogP contribution is -2.43. The van der Waals surface area contributed by atoms with Crippen LogP contribution < -0.4 is 10.8 Å². The van der Waals surface area contributed by atoms with Crippen LogP contribution in [0.1, 0.15) is 27.0 Å². The summed E-state index contributed by atoms with van der Waals surface area (Å²) >= 11 is 3.42. The topological polar surface area (TPSA) is 98.7 Å². The van der Waals surface area contributed by atoms with Gasteiger partial charge in [0.25, 0.3) is 11.8 Å². The van der Waals surface area contributed by atoms with Crippen LogP contribution in [0.5, 0.6) is 0 Å². The molecular formula is C26H24BrN3O4. The van der Waals surface area contributed by atoms with Gasteiger partial charge in [-0.1, -0.05) is 70.5 Å². The number of hydrogen-bond donors (Lipinski definition) is 3. The van der Waals surface area contributed by atoms with Gasteiger partial charge >= 0.3 is 6.03 Å². The van der Waals surface area contributed by atoms with E-state index in [4.69, 9.17) is 5.21 Å². The van der Waals surface area contributed by atoms with Crippen LogP contribution in [-0.2, 0) is 17.8 Å². The minimum atomic E-state index is -0.622. The number of carbonyl (C=O) groups excluding carboxylic acids is 3. The Balaban J connectivity index is 1.71. The molecule has 0 spiro atoms. The minimum absolute atomic E-state index is 0.297. The SMILES string of the molecule is O=C(/C=C/c1ccc(CN(CCc2ccc(Br)cc2)C(=O)NC(=O)c2ccccc2)cc1)NO. The number of nitrogens with one attached hydrogen (secondary N) is 2. The van der Waals surface area contributed by atoms with Crippen molar-refractivity contribution in [1.82, 2.24) is 15.7 Å². The van der Waals surface area contributed by atoms with E-state index in [1.54, 1.807) is 53.4 Å². The van der Waals surface area contributed by atoms with Crippen molar-refractivity contribution in [2.24, 2.45) is 0 Å². The second-order valence-corrected chi connectivity index (χ2v) is 8.39. The van der Waals surface area contributed by atoms with E-state index in [-0.39, 0.29) is 0 Å². The Kier molecular flexibility index (Phi) is 9.13. The zero-order valence-electron chi connectivity index (χ0n) is 18.3. The molecular weight excluding hydrogens is 498 g/mol. The number of urea groups is 1. The summed E-state index contributed by atoms with van der Waals surface area (Å²) < 4.78 is 0.977. The highest BCUT2D eigenvalue weighted by molar-refractivity contribution is 9.10. The molecule has 0 unspecified atom stereocenters. The van der Waals surface area contributed by atoms with Gasteiger partial charge in [0.05, 0.1) is 0 Å². The average molecular weight is 522 g/mol. The van der Waals surface area contributed by atoms with Gasteiger partial charge in [-0.2, -0.15) is 0 Å². The van der Waals surface area contributed by atoms with Gasteiger partial charge in [0.15, 0.2) is 0 Å². The Morgan fingerprint density at radius 2 is 1.53 bits per heavy atom. The van der Waals surface area contributed by atoms with E-state index in [2.05, 4.69) is 21.2 Å². The second kappa shape index (κ2) is 12.5. The molecule has 0 saturated heterocycles. The van der Waals surface area contributed by atoms with Crippen LogP contribution in [0, 0.1) is 0 Å². The van der Waals surface area contributed by atoms with Crippen molar-refractivity contribution >= 4 is 39.9 Å². The molecule has 0 radical (unpaired) electrons. The highest BCUT2D eigenvalue weighted by Gasteiger charge is 2.18. The summed E-state index contributed by atoms with van der Waals surface area (Å²) in [6, 6.07) is 23.3. The molecule has 0 aliphatic rings. The molecule has 0 bridgehead atoms. The maximum Gasteiger partial charge on any atom is 0.324 e. The van der Waals surface area contributed by atoms with Crippen LogP contribution in [0.3, 0.4) is 0 Å². The van der Waals surface area contributed by atoms with E-state index in [1.807, 2.05) is 36.4 Å². The van der Waals surface area contributed by atoms with E-state index in [1.165, 1.54) is 11.6 Å². The van der Waals surface area contributed by atoms with Crippen molar-refractivity contribution in [3.8, 4) is 0 Å². The fraction of sp³-hybridized carbons (Fsp3) is 0.115. The lowest BCUT2D eigenvalue weighted by molar-refractivity contribution is -0.124. The van der Waals surface area contributed by atoms with Gasteiger partial charge in [-0.05, 0) is 53.5 Å². The lowest BCUT2D eigenvalue weighted by Gasteiger charge is -2.23. The van der Waals surface area contributed by atoms with Crippen LogP contribution in [0.4, 0.5) is 4.79 Å². The van der Waals surface area contributed by atoms with Crippen LogP contribution in [0.2, 0.25) is 0 Å². The van der Waals surface area contributed by atoms with E-state index in [0.717, 1.165) is 21.2 Å². The van der Waals surface area contributed by atoms with Gasteiger partial charge in [0.1, 0.15) is 0 Å². The summed E-state index contributed by atoms with van der Waals surface area (Å²) in [5.41, 5.74) is 4.64. The number of hydroxylamine groups is 1. The molecule has 0 fully saturated rings. The summed E-state index contributed by atoms with van der Waals surface area (Å²) in [6.45, 7) is 0.708. The molecule has 34 heavy (non-hydrogen) atoms. The van der Waals surface area contributed by atoms with Crippen molar-refractivity contribution in [1.29, 1.82) is 0 Å². The summed E-state index contributed by atoms with van der Waals surface area (Å²) in [4.78, 5) is 38.2. The number of benzene rings is 3. The third kappa shape index (κ3) is 7.68. The summed E-state index contributed by atoms with van der Waals surface area (Å²) in [6.07, 6.45) is 3.39. The Morgan fingerprint density at radius 1 is 0.882 bits per heavy atom. The van der Waals surface area contributed by atoms with Crippen LogP contribution in [0.25, 0.3) is 6.08 Å². The molecule has 174 valence electrons. The number of carbonyl (C=O) groups is 3. The van der Waals surface area contributed by atoms with Crippen molar-refractivity contribution in [2.45, 2.75) is 13.0 Å². The molecule has 0 atom stereocenters. The lowest BCUT2D eigenvalue weighted by atomic mass is 10.1. The smallest absolute Gasteiger partial charge is 0.320 e. The third-order valence-electron chi connectivity index (χ3n) is 5.02. The normalized spacial score (nSPS) is 10.6. The average Bonchev–Trinajstić information content (AvgIpc) is 2.87. The quantitative estimate of drug-likeness (QED) is 0.230.